The Kier molecular flexibility index (Phi) is 3.90. The first-order valence-electron chi connectivity index (χ1n) is 6.24. The van der Waals surface area contributed by atoms with Crippen LogP contribution in [-0.2, 0) is 9.84 Å². The zero-order valence-corrected chi connectivity index (χ0v) is 13.9. The van der Waals surface area contributed by atoms with Gasteiger partial charge in [-0.1, -0.05) is 29.3 Å². The first kappa shape index (κ1) is 15.1. The van der Waals surface area contributed by atoms with E-state index in [0.29, 0.717) is 21.3 Å². The third kappa shape index (κ3) is 3.04. The first-order valence-corrected chi connectivity index (χ1v) is 9.64. The summed E-state index contributed by atoms with van der Waals surface area (Å²) in [6, 6.07) is 4.90. The molecule has 1 aliphatic heterocycles. The van der Waals surface area contributed by atoms with Crippen LogP contribution in [0.5, 0.6) is 0 Å². The Balaban J connectivity index is 1.87. The Hall–Kier alpha value is -0.820. The minimum Gasteiger partial charge on any atom is -0.348 e. The first-order chi connectivity index (χ1) is 9.85. The van der Waals surface area contributed by atoms with Crippen molar-refractivity contribution in [1.29, 1.82) is 0 Å². The van der Waals surface area contributed by atoms with E-state index in [1.807, 2.05) is 0 Å². The van der Waals surface area contributed by atoms with Crippen LogP contribution in [-0.4, -0.2) is 31.9 Å². The van der Waals surface area contributed by atoms with E-state index in [-0.39, 0.29) is 23.5 Å². The summed E-state index contributed by atoms with van der Waals surface area (Å²) >= 11 is 13.4. The van der Waals surface area contributed by atoms with Crippen molar-refractivity contribution in [2.45, 2.75) is 12.5 Å². The SMILES string of the molecule is O=C(NC1CCS(=O)(=O)C1)c1sc2cc(Cl)ccc2c1Cl. The number of hydrogen-bond acceptors (Lipinski definition) is 4. The molecule has 0 radical (unpaired) electrons. The maximum Gasteiger partial charge on any atom is 0.263 e. The number of amides is 1. The largest absolute Gasteiger partial charge is 0.348 e. The molecule has 1 aromatic carbocycles. The number of carbonyl (C=O) groups excluding carboxylic acids is 1. The summed E-state index contributed by atoms with van der Waals surface area (Å²) in [5.41, 5.74) is 0. The van der Waals surface area contributed by atoms with E-state index in [1.54, 1.807) is 18.2 Å². The van der Waals surface area contributed by atoms with Gasteiger partial charge < -0.3 is 5.32 Å². The Morgan fingerprint density at radius 2 is 2.10 bits per heavy atom. The summed E-state index contributed by atoms with van der Waals surface area (Å²) in [7, 11) is -3.03. The van der Waals surface area contributed by atoms with Crippen LogP contribution in [0.4, 0.5) is 0 Å². The molecule has 0 bridgehead atoms. The fourth-order valence-electron chi connectivity index (χ4n) is 2.34. The van der Waals surface area contributed by atoms with Crippen molar-refractivity contribution in [3.8, 4) is 0 Å². The number of rotatable bonds is 2. The average molecular weight is 364 g/mol. The highest BCUT2D eigenvalue weighted by molar-refractivity contribution is 7.91. The monoisotopic (exact) mass is 363 g/mol. The smallest absolute Gasteiger partial charge is 0.263 e. The lowest BCUT2D eigenvalue weighted by Crippen LogP contribution is -2.35. The van der Waals surface area contributed by atoms with Crippen molar-refractivity contribution in [1.82, 2.24) is 5.32 Å². The highest BCUT2D eigenvalue weighted by Gasteiger charge is 2.30. The second kappa shape index (κ2) is 5.43. The molecule has 112 valence electrons. The Morgan fingerprint density at radius 1 is 1.33 bits per heavy atom. The molecule has 2 aromatic rings. The lowest BCUT2D eigenvalue weighted by Gasteiger charge is -2.09. The van der Waals surface area contributed by atoms with Gasteiger partial charge in [-0.25, -0.2) is 8.42 Å². The van der Waals surface area contributed by atoms with Gasteiger partial charge in [0.05, 0.1) is 16.5 Å². The van der Waals surface area contributed by atoms with E-state index < -0.39 is 9.84 Å². The van der Waals surface area contributed by atoms with Crippen LogP contribution in [0.25, 0.3) is 10.1 Å². The molecular weight excluding hydrogens is 353 g/mol. The molecule has 1 saturated heterocycles. The summed E-state index contributed by atoms with van der Waals surface area (Å²) in [5, 5.41) is 4.47. The zero-order valence-electron chi connectivity index (χ0n) is 10.7. The molecule has 1 fully saturated rings. The normalized spacial score (nSPS) is 20.8. The van der Waals surface area contributed by atoms with Gasteiger partial charge in [0.25, 0.3) is 5.91 Å². The fourth-order valence-corrected chi connectivity index (χ4v) is 5.71. The Labute approximate surface area is 136 Å². The Morgan fingerprint density at radius 3 is 2.76 bits per heavy atom. The van der Waals surface area contributed by atoms with Crippen LogP contribution in [0.3, 0.4) is 0 Å². The van der Waals surface area contributed by atoms with Gasteiger partial charge in [0.2, 0.25) is 0 Å². The van der Waals surface area contributed by atoms with E-state index in [4.69, 9.17) is 23.2 Å². The number of fused-ring (bicyclic) bond motifs is 1. The van der Waals surface area contributed by atoms with Crippen molar-refractivity contribution in [2.75, 3.05) is 11.5 Å². The predicted molar refractivity (Wildman–Crippen MR) is 86.4 cm³/mol. The van der Waals surface area contributed by atoms with Gasteiger partial charge in [-0.05, 0) is 18.6 Å². The minimum atomic E-state index is -3.03. The van der Waals surface area contributed by atoms with Gasteiger partial charge in [-0.2, -0.15) is 0 Å². The second-order valence-electron chi connectivity index (χ2n) is 4.96. The molecule has 3 rings (SSSR count). The van der Waals surface area contributed by atoms with Crippen molar-refractivity contribution in [2.24, 2.45) is 0 Å². The lowest BCUT2D eigenvalue weighted by molar-refractivity contribution is 0.0945. The predicted octanol–water partition coefficient (Wildman–Crippen LogP) is 3.13. The van der Waals surface area contributed by atoms with Crippen LogP contribution in [0.1, 0.15) is 16.1 Å². The zero-order chi connectivity index (χ0) is 15.2. The van der Waals surface area contributed by atoms with Crippen molar-refractivity contribution in [3.63, 3.8) is 0 Å². The molecule has 1 atom stereocenters. The number of nitrogens with one attached hydrogen (secondary N) is 1. The summed E-state index contributed by atoms with van der Waals surface area (Å²) in [6.07, 6.45) is 0.447. The van der Waals surface area contributed by atoms with Crippen LogP contribution in [0.2, 0.25) is 10.0 Å². The summed E-state index contributed by atoms with van der Waals surface area (Å²) in [4.78, 5) is 12.7. The number of halogens is 2. The molecule has 8 heteroatoms. The summed E-state index contributed by atoms with van der Waals surface area (Å²) < 4.78 is 23.7. The van der Waals surface area contributed by atoms with Crippen molar-refractivity contribution >= 4 is 60.4 Å². The quantitative estimate of drug-likeness (QED) is 0.891. The third-order valence-corrected chi connectivity index (χ3v) is 7.02. The number of sulfone groups is 1. The number of hydrogen-bond donors (Lipinski definition) is 1. The molecule has 0 spiro atoms. The molecule has 0 saturated carbocycles. The minimum absolute atomic E-state index is 0.00686. The molecule has 1 N–H and O–H groups in total. The molecule has 1 aromatic heterocycles. The molecule has 21 heavy (non-hydrogen) atoms. The Bertz CT molecular complexity index is 829. The summed E-state index contributed by atoms with van der Waals surface area (Å²) in [5.74, 6) is -0.222. The van der Waals surface area contributed by atoms with E-state index in [1.165, 1.54) is 11.3 Å². The van der Waals surface area contributed by atoms with E-state index in [2.05, 4.69) is 5.32 Å². The van der Waals surface area contributed by atoms with Crippen molar-refractivity contribution < 1.29 is 13.2 Å². The second-order valence-corrected chi connectivity index (χ2v) is 9.05. The molecule has 2 heterocycles. The average Bonchev–Trinajstić information content (AvgIpc) is 2.90. The third-order valence-electron chi connectivity index (χ3n) is 3.37. The van der Waals surface area contributed by atoms with E-state index in [9.17, 15) is 13.2 Å². The number of thiophene rings is 1. The summed E-state index contributed by atoms with van der Waals surface area (Å²) in [6.45, 7) is 0. The van der Waals surface area contributed by atoms with Crippen LogP contribution in [0, 0.1) is 0 Å². The fraction of sp³-hybridized carbons (Fsp3) is 0.308. The molecule has 1 unspecified atom stereocenters. The standard InChI is InChI=1S/C13H11Cl2NO3S2/c14-7-1-2-9-10(5-7)20-12(11(9)15)13(17)16-8-3-4-21(18,19)6-8/h1-2,5,8H,3-4,6H2,(H,16,17). The van der Waals surface area contributed by atoms with Crippen LogP contribution < -0.4 is 5.32 Å². The molecule has 4 nitrogen and oxygen atoms in total. The maximum atomic E-state index is 12.3. The van der Waals surface area contributed by atoms with Crippen LogP contribution >= 0.6 is 34.5 Å². The van der Waals surface area contributed by atoms with E-state index >= 15 is 0 Å². The molecule has 1 aliphatic rings. The van der Waals surface area contributed by atoms with Gasteiger partial charge in [0.15, 0.2) is 9.84 Å². The lowest BCUT2D eigenvalue weighted by atomic mass is 10.2. The molecular formula is C13H11Cl2NO3S2. The van der Waals surface area contributed by atoms with Gasteiger partial charge in [-0.3, -0.25) is 4.79 Å². The molecule has 1 amide bonds. The highest BCUT2D eigenvalue weighted by Crippen LogP contribution is 2.36. The topological polar surface area (TPSA) is 63.2 Å². The maximum absolute atomic E-state index is 12.3. The van der Waals surface area contributed by atoms with Gasteiger partial charge in [0.1, 0.15) is 4.88 Å². The number of carbonyl (C=O) groups is 1. The van der Waals surface area contributed by atoms with Gasteiger partial charge >= 0.3 is 0 Å². The highest BCUT2D eigenvalue weighted by atomic mass is 35.5. The molecule has 0 aliphatic carbocycles. The van der Waals surface area contributed by atoms with Crippen molar-refractivity contribution in [3.05, 3.63) is 33.1 Å². The number of benzene rings is 1. The van der Waals surface area contributed by atoms with Crippen LogP contribution in [0.15, 0.2) is 18.2 Å². The van der Waals surface area contributed by atoms with Gasteiger partial charge in [-0.15, -0.1) is 11.3 Å². The van der Waals surface area contributed by atoms with Gasteiger partial charge in [0, 0.05) is 21.2 Å². The van der Waals surface area contributed by atoms with E-state index in [0.717, 1.165) is 10.1 Å².